The molecule has 0 aliphatic heterocycles. The Labute approximate surface area is 173 Å². The number of carboxylic acids is 1. The van der Waals surface area contributed by atoms with Crippen LogP contribution in [-0.2, 0) is 0 Å². The third-order valence-corrected chi connectivity index (χ3v) is 5.72. The first kappa shape index (κ1) is 19.2. The van der Waals surface area contributed by atoms with Crippen molar-refractivity contribution in [3.8, 4) is 11.1 Å². The molecule has 4 aromatic rings. The molecular formula is C21H13ClFNO4S. The topological polar surface area (TPSA) is 79.5 Å². The number of fused-ring (bicyclic) bond motifs is 1. The molecule has 0 aliphatic carbocycles. The zero-order valence-corrected chi connectivity index (χ0v) is 16.5. The average molecular weight is 430 g/mol. The lowest BCUT2D eigenvalue weighted by atomic mass is 10.0. The number of furan rings is 1. The molecule has 2 aromatic carbocycles. The van der Waals surface area contributed by atoms with Crippen LogP contribution in [0.25, 0.3) is 22.1 Å². The van der Waals surface area contributed by atoms with Gasteiger partial charge >= 0.3 is 5.97 Å². The molecule has 0 saturated heterocycles. The van der Waals surface area contributed by atoms with Gasteiger partial charge in [0, 0.05) is 26.9 Å². The molecule has 1 amide bonds. The molecule has 2 N–H and O–H groups in total. The summed E-state index contributed by atoms with van der Waals surface area (Å²) >= 11 is 6.92. The van der Waals surface area contributed by atoms with Crippen LogP contribution in [0.5, 0.6) is 0 Å². The number of aryl methyl sites for hydroxylation is 1. The van der Waals surface area contributed by atoms with Crippen LogP contribution in [0.4, 0.5) is 9.39 Å². The Morgan fingerprint density at radius 2 is 1.93 bits per heavy atom. The first-order valence-electron chi connectivity index (χ1n) is 8.46. The van der Waals surface area contributed by atoms with Crippen LogP contribution >= 0.6 is 22.9 Å². The van der Waals surface area contributed by atoms with Gasteiger partial charge in [-0.1, -0.05) is 29.8 Å². The van der Waals surface area contributed by atoms with Gasteiger partial charge in [-0.3, -0.25) is 4.79 Å². The summed E-state index contributed by atoms with van der Waals surface area (Å²) in [5.74, 6) is -2.47. The van der Waals surface area contributed by atoms with E-state index in [4.69, 9.17) is 16.0 Å². The maximum atomic E-state index is 14.4. The fraction of sp³-hybridized carbons (Fsp3) is 0.0476. The van der Waals surface area contributed by atoms with E-state index in [0.29, 0.717) is 11.1 Å². The highest BCUT2D eigenvalue weighted by molar-refractivity contribution is 7.15. The van der Waals surface area contributed by atoms with Crippen molar-refractivity contribution in [2.45, 2.75) is 6.92 Å². The highest BCUT2D eigenvalue weighted by atomic mass is 35.5. The quantitative estimate of drug-likeness (QED) is 0.404. The molecule has 29 heavy (non-hydrogen) atoms. The molecule has 0 spiro atoms. The van der Waals surface area contributed by atoms with Crippen molar-refractivity contribution in [3.05, 3.63) is 75.6 Å². The fourth-order valence-corrected chi connectivity index (χ4v) is 4.08. The second-order valence-corrected chi connectivity index (χ2v) is 7.63. The van der Waals surface area contributed by atoms with E-state index in [1.165, 1.54) is 11.4 Å². The minimum atomic E-state index is -1.28. The van der Waals surface area contributed by atoms with Gasteiger partial charge in [0.15, 0.2) is 5.76 Å². The Hall–Kier alpha value is -3.16. The summed E-state index contributed by atoms with van der Waals surface area (Å²) in [4.78, 5) is 24.5. The molecule has 0 bridgehead atoms. The zero-order chi connectivity index (χ0) is 20.7. The summed E-state index contributed by atoms with van der Waals surface area (Å²) in [5.41, 5.74) is 1.23. The van der Waals surface area contributed by atoms with Crippen LogP contribution in [0.3, 0.4) is 0 Å². The van der Waals surface area contributed by atoms with Gasteiger partial charge in [-0.25, -0.2) is 9.18 Å². The van der Waals surface area contributed by atoms with Gasteiger partial charge in [0.25, 0.3) is 5.91 Å². The summed E-state index contributed by atoms with van der Waals surface area (Å²) in [6.07, 6.45) is 0. The van der Waals surface area contributed by atoms with E-state index in [1.54, 1.807) is 31.2 Å². The molecule has 2 heterocycles. The third kappa shape index (κ3) is 3.50. The van der Waals surface area contributed by atoms with Crippen molar-refractivity contribution in [1.29, 1.82) is 0 Å². The SMILES string of the molecule is Cc1cc(-c2csc(NC(=O)c3cc4ccccc4o3)c2C(=O)O)c(F)cc1Cl. The lowest BCUT2D eigenvalue weighted by molar-refractivity contribution is 0.0699. The standard InChI is InChI=1S/C21H13ClFNO4S/c1-10-6-12(15(23)8-14(10)22)13-9-29-20(18(13)21(26)27)24-19(25)17-7-11-4-2-3-5-16(11)28-17/h2-9H,1H3,(H,24,25)(H,26,27). The second-order valence-electron chi connectivity index (χ2n) is 6.34. The van der Waals surface area contributed by atoms with E-state index >= 15 is 0 Å². The summed E-state index contributed by atoms with van der Waals surface area (Å²) in [6, 6.07) is 11.3. The summed E-state index contributed by atoms with van der Waals surface area (Å²) in [7, 11) is 0. The highest BCUT2D eigenvalue weighted by Crippen LogP contribution is 2.38. The van der Waals surface area contributed by atoms with Crippen LogP contribution in [0.1, 0.15) is 26.5 Å². The molecule has 2 aromatic heterocycles. The third-order valence-electron chi connectivity index (χ3n) is 4.42. The maximum Gasteiger partial charge on any atom is 0.339 e. The number of carbonyl (C=O) groups is 2. The van der Waals surface area contributed by atoms with Gasteiger partial charge < -0.3 is 14.8 Å². The van der Waals surface area contributed by atoms with Gasteiger partial charge in [0.2, 0.25) is 0 Å². The second kappa shape index (κ2) is 7.35. The Bertz CT molecular complexity index is 1240. The number of halogens is 2. The summed E-state index contributed by atoms with van der Waals surface area (Å²) in [6.45, 7) is 1.70. The van der Waals surface area contributed by atoms with Crippen LogP contribution in [0.15, 0.2) is 52.3 Å². The van der Waals surface area contributed by atoms with Crippen molar-refractivity contribution in [2.75, 3.05) is 5.32 Å². The number of para-hydroxylation sites is 1. The van der Waals surface area contributed by atoms with E-state index in [1.807, 2.05) is 6.07 Å². The molecule has 0 radical (unpaired) electrons. The Morgan fingerprint density at radius 1 is 1.17 bits per heavy atom. The van der Waals surface area contributed by atoms with Crippen LogP contribution in [0, 0.1) is 12.7 Å². The minimum absolute atomic E-state index is 0.0472. The van der Waals surface area contributed by atoms with Crippen molar-refractivity contribution in [2.24, 2.45) is 0 Å². The molecule has 0 aliphatic rings. The predicted molar refractivity (Wildman–Crippen MR) is 111 cm³/mol. The largest absolute Gasteiger partial charge is 0.478 e. The molecule has 146 valence electrons. The molecule has 0 fully saturated rings. The van der Waals surface area contributed by atoms with Crippen molar-refractivity contribution in [3.63, 3.8) is 0 Å². The predicted octanol–water partition coefficient (Wildman–Crippen LogP) is 6.21. The molecular weight excluding hydrogens is 417 g/mol. The minimum Gasteiger partial charge on any atom is -0.478 e. The maximum absolute atomic E-state index is 14.4. The number of carbonyl (C=O) groups excluding carboxylic acids is 1. The van der Waals surface area contributed by atoms with Gasteiger partial charge in [-0.15, -0.1) is 11.3 Å². The average Bonchev–Trinajstić information content (AvgIpc) is 3.28. The molecule has 0 unspecified atom stereocenters. The van der Waals surface area contributed by atoms with Gasteiger partial charge in [0.1, 0.15) is 22.0 Å². The van der Waals surface area contributed by atoms with Crippen LogP contribution < -0.4 is 5.32 Å². The number of anilines is 1. The van der Waals surface area contributed by atoms with Crippen molar-refractivity contribution < 1.29 is 23.5 Å². The molecule has 4 rings (SSSR count). The molecule has 5 nitrogen and oxygen atoms in total. The number of benzene rings is 2. The normalized spacial score (nSPS) is 11.0. The summed E-state index contributed by atoms with van der Waals surface area (Å²) in [5, 5.41) is 14.8. The van der Waals surface area contributed by atoms with E-state index < -0.39 is 17.7 Å². The Balaban J connectivity index is 1.73. The van der Waals surface area contributed by atoms with Crippen molar-refractivity contribution >= 4 is 50.8 Å². The van der Waals surface area contributed by atoms with Gasteiger partial charge in [-0.2, -0.15) is 0 Å². The lowest BCUT2D eigenvalue weighted by Gasteiger charge is -2.08. The first-order chi connectivity index (χ1) is 13.8. The fourth-order valence-electron chi connectivity index (χ4n) is 2.98. The number of carboxylic acid groups (broad SMARTS) is 1. The number of hydrogen-bond donors (Lipinski definition) is 2. The molecule has 8 heteroatoms. The van der Waals surface area contributed by atoms with E-state index in [-0.39, 0.29) is 32.5 Å². The van der Waals surface area contributed by atoms with Crippen LogP contribution in [0.2, 0.25) is 5.02 Å². The number of aromatic carboxylic acids is 1. The lowest BCUT2D eigenvalue weighted by Crippen LogP contribution is -2.12. The number of amides is 1. The number of rotatable bonds is 4. The van der Waals surface area contributed by atoms with E-state index in [2.05, 4.69) is 5.32 Å². The van der Waals surface area contributed by atoms with E-state index in [9.17, 15) is 19.1 Å². The highest BCUT2D eigenvalue weighted by Gasteiger charge is 2.24. The van der Waals surface area contributed by atoms with Gasteiger partial charge in [0.05, 0.1) is 0 Å². The Morgan fingerprint density at radius 3 is 2.66 bits per heavy atom. The number of nitrogens with one attached hydrogen (secondary N) is 1. The monoisotopic (exact) mass is 429 g/mol. The first-order valence-corrected chi connectivity index (χ1v) is 9.71. The zero-order valence-electron chi connectivity index (χ0n) is 15.0. The molecule has 0 saturated carbocycles. The smallest absolute Gasteiger partial charge is 0.339 e. The van der Waals surface area contributed by atoms with Crippen molar-refractivity contribution in [1.82, 2.24) is 0 Å². The summed E-state index contributed by atoms with van der Waals surface area (Å²) < 4.78 is 20.0. The van der Waals surface area contributed by atoms with E-state index in [0.717, 1.165) is 22.8 Å². The Kier molecular flexibility index (Phi) is 4.86. The van der Waals surface area contributed by atoms with Gasteiger partial charge in [-0.05, 0) is 36.8 Å². The number of hydrogen-bond acceptors (Lipinski definition) is 4. The molecule has 0 atom stereocenters. The number of thiophene rings is 1. The van der Waals surface area contributed by atoms with Crippen LogP contribution in [-0.4, -0.2) is 17.0 Å².